The zero-order valence-electron chi connectivity index (χ0n) is 11.2. The molecule has 0 fully saturated rings. The molecule has 4 heteroatoms. The number of ether oxygens (including phenoxy) is 1. The lowest BCUT2D eigenvalue weighted by atomic mass is 9.97. The lowest BCUT2D eigenvalue weighted by Gasteiger charge is -2.12. The molecule has 0 radical (unpaired) electrons. The molecule has 2 heterocycles. The van der Waals surface area contributed by atoms with Gasteiger partial charge in [0.05, 0.1) is 18.4 Å². The Balaban J connectivity index is 2.40. The van der Waals surface area contributed by atoms with Crippen molar-refractivity contribution in [3.8, 4) is 17.2 Å². The molecule has 0 N–H and O–H groups in total. The van der Waals surface area contributed by atoms with Crippen molar-refractivity contribution in [2.24, 2.45) is 0 Å². The molecule has 0 aliphatic heterocycles. The number of nitrogens with zero attached hydrogens (tertiary/aromatic N) is 2. The second-order valence-corrected chi connectivity index (χ2v) is 5.07. The highest BCUT2D eigenvalue weighted by Crippen LogP contribution is 2.31. The molecule has 18 heavy (non-hydrogen) atoms. The summed E-state index contributed by atoms with van der Waals surface area (Å²) in [4.78, 5) is 8.52. The summed E-state index contributed by atoms with van der Waals surface area (Å²) in [6.07, 6.45) is 3.43. The second-order valence-electron chi connectivity index (χ2n) is 5.07. The van der Waals surface area contributed by atoms with E-state index in [9.17, 15) is 0 Å². The molecular formula is C14H18N2O2. The van der Waals surface area contributed by atoms with Crippen LogP contribution in [0.3, 0.4) is 0 Å². The van der Waals surface area contributed by atoms with Crippen LogP contribution in [0.2, 0.25) is 0 Å². The monoisotopic (exact) mass is 246 g/mol. The van der Waals surface area contributed by atoms with E-state index in [4.69, 9.17) is 9.15 Å². The van der Waals surface area contributed by atoms with Crippen molar-refractivity contribution in [1.82, 2.24) is 9.97 Å². The minimum atomic E-state index is -0.105. The fraction of sp³-hybridized carbons (Fsp3) is 0.429. The summed E-state index contributed by atoms with van der Waals surface area (Å²) in [5, 5.41) is 0. The highest BCUT2D eigenvalue weighted by Gasteiger charge is 2.21. The Bertz CT molecular complexity index is 527. The molecule has 96 valence electrons. The van der Waals surface area contributed by atoms with Crippen molar-refractivity contribution >= 4 is 0 Å². The summed E-state index contributed by atoms with van der Waals surface area (Å²) in [5.74, 6) is 1.98. The number of rotatable bonds is 3. The van der Waals surface area contributed by atoms with Crippen LogP contribution in [-0.2, 0) is 5.41 Å². The smallest absolute Gasteiger partial charge is 0.224 e. The molecular weight excluding hydrogens is 228 g/mol. The van der Waals surface area contributed by atoms with Crippen LogP contribution in [0, 0.1) is 0 Å². The Hall–Kier alpha value is -1.84. The van der Waals surface area contributed by atoms with Crippen molar-refractivity contribution in [2.75, 3.05) is 6.61 Å². The third-order valence-corrected chi connectivity index (χ3v) is 2.46. The van der Waals surface area contributed by atoms with Crippen LogP contribution < -0.4 is 4.74 Å². The molecule has 0 spiro atoms. The van der Waals surface area contributed by atoms with Crippen LogP contribution in [0.1, 0.15) is 33.6 Å². The molecule has 2 rings (SSSR count). The van der Waals surface area contributed by atoms with E-state index in [0.717, 1.165) is 5.56 Å². The van der Waals surface area contributed by atoms with Gasteiger partial charge in [-0.05, 0) is 19.1 Å². The van der Waals surface area contributed by atoms with E-state index in [1.165, 1.54) is 0 Å². The Morgan fingerprint density at radius 1 is 1.28 bits per heavy atom. The molecule has 0 aliphatic rings. The lowest BCUT2D eigenvalue weighted by Crippen LogP contribution is -2.10. The zero-order valence-corrected chi connectivity index (χ0v) is 11.2. The van der Waals surface area contributed by atoms with E-state index in [1.54, 1.807) is 12.4 Å². The molecule has 0 saturated heterocycles. The van der Waals surface area contributed by atoms with Gasteiger partial charge in [-0.2, -0.15) is 0 Å². The molecule has 0 amide bonds. The molecule has 2 aromatic rings. The molecule has 0 aliphatic carbocycles. The Kier molecular flexibility index (Phi) is 3.36. The van der Waals surface area contributed by atoms with Gasteiger partial charge in [0.25, 0.3) is 0 Å². The highest BCUT2D eigenvalue weighted by atomic mass is 16.5. The first-order valence-corrected chi connectivity index (χ1v) is 6.07. The minimum Gasteiger partial charge on any atom is -0.477 e. The summed E-state index contributed by atoms with van der Waals surface area (Å²) in [6.45, 7) is 8.70. The summed E-state index contributed by atoms with van der Waals surface area (Å²) in [5.41, 5.74) is 0.731. The molecule has 0 unspecified atom stereocenters. The molecule has 0 atom stereocenters. The van der Waals surface area contributed by atoms with Crippen LogP contribution in [0.15, 0.2) is 28.9 Å². The van der Waals surface area contributed by atoms with Crippen LogP contribution in [0.25, 0.3) is 11.3 Å². The second kappa shape index (κ2) is 4.80. The van der Waals surface area contributed by atoms with Gasteiger partial charge in [0.15, 0.2) is 11.7 Å². The first-order chi connectivity index (χ1) is 8.52. The lowest BCUT2D eigenvalue weighted by molar-refractivity contribution is 0.326. The zero-order chi connectivity index (χ0) is 13.2. The number of hydrogen-bond donors (Lipinski definition) is 0. The van der Waals surface area contributed by atoms with E-state index in [0.29, 0.717) is 24.1 Å². The van der Waals surface area contributed by atoms with E-state index in [-0.39, 0.29) is 5.41 Å². The summed E-state index contributed by atoms with van der Waals surface area (Å²) >= 11 is 0. The van der Waals surface area contributed by atoms with Gasteiger partial charge in [0.1, 0.15) is 0 Å². The summed E-state index contributed by atoms with van der Waals surface area (Å²) in [6, 6.07) is 3.78. The maximum absolute atomic E-state index is 5.79. The third kappa shape index (κ3) is 2.53. The number of pyridine rings is 1. The van der Waals surface area contributed by atoms with Crippen molar-refractivity contribution in [3.63, 3.8) is 0 Å². The largest absolute Gasteiger partial charge is 0.477 e. The molecule has 0 bridgehead atoms. The molecule has 0 aromatic carbocycles. The predicted octanol–water partition coefficient (Wildman–Crippen LogP) is 3.43. The van der Waals surface area contributed by atoms with Gasteiger partial charge < -0.3 is 9.15 Å². The maximum Gasteiger partial charge on any atom is 0.224 e. The fourth-order valence-corrected chi connectivity index (χ4v) is 1.58. The van der Waals surface area contributed by atoms with Gasteiger partial charge in [-0.25, -0.2) is 9.97 Å². The van der Waals surface area contributed by atoms with Crippen molar-refractivity contribution in [2.45, 2.75) is 33.1 Å². The predicted molar refractivity (Wildman–Crippen MR) is 69.6 cm³/mol. The minimum absolute atomic E-state index is 0.105. The summed E-state index contributed by atoms with van der Waals surface area (Å²) < 4.78 is 11.3. The quantitative estimate of drug-likeness (QED) is 0.832. The van der Waals surface area contributed by atoms with Crippen LogP contribution >= 0.6 is 0 Å². The Labute approximate surface area is 107 Å². The van der Waals surface area contributed by atoms with Crippen LogP contribution in [-0.4, -0.2) is 16.6 Å². The Morgan fingerprint density at radius 3 is 2.67 bits per heavy atom. The van der Waals surface area contributed by atoms with E-state index >= 15 is 0 Å². The number of hydrogen-bond acceptors (Lipinski definition) is 4. The van der Waals surface area contributed by atoms with Gasteiger partial charge in [0, 0.05) is 11.6 Å². The topological polar surface area (TPSA) is 48.2 Å². The van der Waals surface area contributed by atoms with Gasteiger partial charge in [-0.15, -0.1) is 0 Å². The average Bonchev–Trinajstić information content (AvgIpc) is 2.79. The van der Waals surface area contributed by atoms with Crippen LogP contribution in [0.4, 0.5) is 0 Å². The molecule has 2 aromatic heterocycles. The fourth-order valence-electron chi connectivity index (χ4n) is 1.58. The van der Waals surface area contributed by atoms with E-state index in [1.807, 2.05) is 19.1 Å². The van der Waals surface area contributed by atoms with Gasteiger partial charge in [-0.3, -0.25) is 0 Å². The Morgan fingerprint density at radius 2 is 2.06 bits per heavy atom. The average molecular weight is 246 g/mol. The van der Waals surface area contributed by atoms with Crippen LogP contribution in [0.5, 0.6) is 5.88 Å². The SMILES string of the molecule is CCOc1ncccc1-c1cnc(C(C)(C)C)o1. The number of oxazole rings is 1. The standard InChI is InChI=1S/C14H18N2O2/c1-5-17-12-10(7-6-8-15-12)11-9-16-13(18-11)14(2,3)4/h6-9H,5H2,1-4H3. The molecule has 0 saturated carbocycles. The normalized spacial score (nSPS) is 11.6. The number of aromatic nitrogens is 2. The highest BCUT2D eigenvalue weighted by molar-refractivity contribution is 5.62. The maximum atomic E-state index is 5.79. The van der Waals surface area contributed by atoms with Gasteiger partial charge in [0.2, 0.25) is 5.88 Å². The van der Waals surface area contributed by atoms with Crippen molar-refractivity contribution in [3.05, 3.63) is 30.4 Å². The van der Waals surface area contributed by atoms with E-state index < -0.39 is 0 Å². The first-order valence-electron chi connectivity index (χ1n) is 6.07. The summed E-state index contributed by atoms with van der Waals surface area (Å²) in [7, 11) is 0. The van der Waals surface area contributed by atoms with Crippen molar-refractivity contribution in [1.29, 1.82) is 0 Å². The first kappa shape index (κ1) is 12.6. The van der Waals surface area contributed by atoms with Gasteiger partial charge >= 0.3 is 0 Å². The third-order valence-electron chi connectivity index (χ3n) is 2.46. The van der Waals surface area contributed by atoms with Gasteiger partial charge in [-0.1, -0.05) is 20.8 Å². The van der Waals surface area contributed by atoms with Crippen molar-refractivity contribution < 1.29 is 9.15 Å². The molecule has 4 nitrogen and oxygen atoms in total. The van der Waals surface area contributed by atoms with E-state index in [2.05, 4.69) is 30.7 Å².